The summed E-state index contributed by atoms with van der Waals surface area (Å²) in [6.07, 6.45) is 5.32. The molecule has 5 rings (SSSR count). The lowest BCUT2D eigenvalue weighted by Crippen LogP contribution is -2.42. The molecular weight excluding hydrogens is 378 g/mol. The maximum Gasteiger partial charge on any atom is 0.342 e. The van der Waals surface area contributed by atoms with E-state index in [4.69, 9.17) is 9.99 Å². The first-order valence-corrected chi connectivity index (χ1v) is 10.8. The summed E-state index contributed by atoms with van der Waals surface area (Å²) >= 11 is 0. The maximum atomic E-state index is 11.4. The highest BCUT2D eigenvalue weighted by Crippen LogP contribution is 2.48. The van der Waals surface area contributed by atoms with Gasteiger partial charge in [-0.25, -0.2) is 4.79 Å². The molecule has 0 spiro atoms. The zero-order chi connectivity index (χ0) is 20.6. The van der Waals surface area contributed by atoms with E-state index in [0.717, 1.165) is 50.9 Å². The van der Waals surface area contributed by atoms with Gasteiger partial charge in [-0.05, 0) is 54.9 Å². The van der Waals surface area contributed by atoms with Gasteiger partial charge >= 0.3 is 5.97 Å². The first kappa shape index (κ1) is 19.3. The molecule has 2 heterocycles. The number of rotatable bonds is 4. The van der Waals surface area contributed by atoms with Crippen LogP contribution in [0.25, 0.3) is 5.57 Å². The van der Waals surface area contributed by atoms with Crippen molar-refractivity contribution in [1.29, 1.82) is 0 Å². The number of para-hydroxylation sites is 1. The number of piperidine rings is 1. The van der Waals surface area contributed by atoms with Crippen LogP contribution in [0.3, 0.4) is 0 Å². The van der Waals surface area contributed by atoms with Crippen molar-refractivity contribution in [2.24, 2.45) is 0 Å². The maximum absolute atomic E-state index is 11.4. The fourth-order valence-corrected chi connectivity index (χ4v) is 5.12. The van der Waals surface area contributed by atoms with E-state index in [1.807, 2.05) is 6.07 Å². The second kappa shape index (κ2) is 7.89. The Hall–Kier alpha value is -2.63. The van der Waals surface area contributed by atoms with Crippen molar-refractivity contribution in [2.45, 2.75) is 50.7 Å². The number of carbonyl (C=O) groups is 1. The van der Waals surface area contributed by atoms with Crippen LogP contribution < -0.4 is 4.74 Å². The van der Waals surface area contributed by atoms with E-state index in [2.05, 4.69) is 52.3 Å². The topological polar surface area (TPSA) is 59.0 Å². The fourth-order valence-electron chi connectivity index (χ4n) is 5.12. The third-order valence-corrected chi connectivity index (χ3v) is 6.94. The number of benzene rings is 2. The normalized spacial score (nSPS) is 19.9. The lowest BCUT2D eigenvalue weighted by atomic mass is 9.86. The average molecular weight is 405 g/mol. The Morgan fingerprint density at radius 2 is 1.73 bits per heavy atom. The number of nitrogens with zero attached hydrogens (tertiary/aromatic N) is 1. The molecule has 1 saturated heterocycles. The molecule has 5 heteroatoms. The molecular formula is C25H27NO4. The van der Waals surface area contributed by atoms with Gasteiger partial charge in [-0.15, -0.1) is 0 Å². The van der Waals surface area contributed by atoms with Crippen molar-refractivity contribution in [3.8, 4) is 5.75 Å². The van der Waals surface area contributed by atoms with Gasteiger partial charge in [-0.2, -0.15) is 5.26 Å². The number of ether oxygens (including phenoxy) is 1. The Balaban J connectivity index is 1.42. The first-order valence-electron chi connectivity index (χ1n) is 10.8. The highest BCUT2D eigenvalue weighted by atomic mass is 17.1. The van der Waals surface area contributed by atoms with Crippen molar-refractivity contribution in [3.05, 3.63) is 70.8 Å². The Morgan fingerprint density at radius 1 is 1.03 bits per heavy atom. The van der Waals surface area contributed by atoms with Crippen LogP contribution in [0.15, 0.2) is 54.1 Å². The Morgan fingerprint density at radius 3 is 2.47 bits per heavy atom. The minimum absolute atomic E-state index is 0.118. The van der Waals surface area contributed by atoms with Crippen LogP contribution in [0.1, 0.15) is 55.2 Å². The van der Waals surface area contributed by atoms with Crippen molar-refractivity contribution >= 4 is 11.5 Å². The monoisotopic (exact) mass is 405 g/mol. The minimum Gasteiger partial charge on any atom is -0.488 e. The summed E-state index contributed by atoms with van der Waals surface area (Å²) in [6.45, 7) is 2.59. The Bertz CT molecular complexity index is 933. The van der Waals surface area contributed by atoms with E-state index in [-0.39, 0.29) is 12.0 Å². The molecule has 0 unspecified atom stereocenters. The molecule has 1 aliphatic carbocycles. The molecule has 1 N–H and O–H groups in total. The minimum atomic E-state index is -0.534. The zero-order valence-corrected chi connectivity index (χ0v) is 17.1. The summed E-state index contributed by atoms with van der Waals surface area (Å²) in [7, 11) is 0. The molecule has 2 fully saturated rings. The molecule has 1 saturated carbocycles. The molecule has 5 nitrogen and oxygen atoms in total. The molecule has 0 aromatic heterocycles. The molecule has 0 radical (unpaired) electrons. The number of fused-ring (bicyclic) bond motifs is 2. The summed E-state index contributed by atoms with van der Waals surface area (Å²) < 4.78 is 6.14. The third-order valence-electron chi connectivity index (χ3n) is 6.94. The number of carbonyl (C=O) groups excluding carboxylic acids is 1. The van der Waals surface area contributed by atoms with Crippen molar-refractivity contribution < 1.29 is 19.7 Å². The van der Waals surface area contributed by atoms with Crippen LogP contribution in [0, 0.1) is 0 Å². The molecule has 2 aromatic carbocycles. The first-order chi connectivity index (χ1) is 14.7. The quantitative estimate of drug-likeness (QED) is 0.585. The number of hydrogen-bond donors (Lipinski definition) is 1. The van der Waals surface area contributed by atoms with Crippen LogP contribution in [0.5, 0.6) is 5.75 Å². The second-order valence-electron chi connectivity index (χ2n) is 8.60. The van der Waals surface area contributed by atoms with Gasteiger partial charge in [0.15, 0.2) is 0 Å². The molecule has 0 amide bonds. The van der Waals surface area contributed by atoms with E-state index in [0.29, 0.717) is 6.61 Å². The Kier molecular flexibility index (Phi) is 5.09. The number of hydrogen-bond acceptors (Lipinski definition) is 5. The summed E-state index contributed by atoms with van der Waals surface area (Å²) in [5.74, 6) is 0.424. The largest absolute Gasteiger partial charge is 0.488 e. The number of likely N-dealkylation sites (tertiary alicyclic amines) is 1. The van der Waals surface area contributed by atoms with Gasteiger partial charge in [-0.1, -0.05) is 48.0 Å². The summed E-state index contributed by atoms with van der Waals surface area (Å²) in [5.41, 5.74) is 6.66. The summed E-state index contributed by atoms with van der Waals surface area (Å²) in [4.78, 5) is 17.8. The molecule has 2 aliphatic heterocycles. The van der Waals surface area contributed by atoms with Crippen molar-refractivity contribution in [1.82, 2.24) is 4.90 Å². The molecule has 156 valence electrons. The van der Waals surface area contributed by atoms with Gasteiger partial charge in [0.2, 0.25) is 0 Å². The predicted octanol–water partition coefficient (Wildman–Crippen LogP) is 4.81. The predicted molar refractivity (Wildman–Crippen MR) is 114 cm³/mol. The average Bonchev–Trinajstić information content (AvgIpc) is 3.61. The van der Waals surface area contributed by atoms with Gasteiger partial charge in [-0.3, -0.25) is 4.90 Å². The van der Waals surface area contributed by atoms with E-state index in [1.54, 1.807) is 0 Å². The van der Waals surface area contributed by atoms with Gasteiger partial charge in [0.1, 0.15) is 12.4 Å². The van der Waals surface area contributed by atoms with Crippen molar-refractivity contribution in [3.63, 3.8) is 0 Å². The zero-order valence-electron chi connectivity index (χ0n) is 17.1. The van der Waals surface area contributed by atoms with Gasteiger partial charge in [0, 0.05) is 24.2 Å². The smallest absolute Gasteiger partial charge is 0.342 e. The molecule has 3 aliphatic rings. The van der Waals surface area contributed by atoms with E-state index in [1.165, 1.54) is 27.8 Å². The van der Waals surface area contributed by atoms with Gasteiger partial charge in [0.05, 0.1) is 6.42 Å². The van der Waals surface area contributed by atoms with Crippen LogP contribution in [-0.2, 0) is 16.3 Å². The lowest BCUT2D eigenvalue weighted by Gasteiger charge is -2.37. The molecule has 30 heavy (non-hydrogen) atoms. The van der Waals surface area contributed by atoms with Crippen LogP contribution in [0.2, 0.25) is 0 Å². The Labute approximate surface area is 176 Å². The summed E-state index contributed by atoms with van der Waals surface area (Å²) in [5, 5.41) is 8.55. The van der Waals surface area contributed by atoms with Crippen LogP contribution in [-0.4, -0.2) is 34.8 Å². The molecule has 2 aromatic rings. The lowest BCUT2D eigenvalue weighted by molar-refractivity contribution is -0.234. The third kappa shape index (κ3) is 3.53. The second-order valence-corrected chi connectivity index (χ2v) is 8.60. The van der Waals surface area contributed by atoms with E-state index < -0.39 is 5.97 Å². The molecule has 0 bridgehead atoms. The van der Waals surface area contributed by atoms with Gasteiger partial charge in [0.25, 0.3) is 0 Å². The van der Waals surface area contributed by atoms with Crippen LogP contribution >= 0.6 is 0 Å². The van der Waals surface area contributed by atoms with Crippen LogP contribution in [0.4, 0.5) is 0 Å². The van der Waals surface area contributed by atoms with Gasteiger partial charge < -0.3 is 9.62 Å². The fraction of sp³-hybridized carbons (Fsp3) is 0.400. The highest BCUT2D eigenvalue weighted by Gasteiger charge is 2.48. The SMILES string of the molecule is O=C(CCC1(N2CCC(=C3c4ccccc4COc4ccccc43)CC2)CC1)OO. The van der Waals surface area contributed by atoms with E-state index >= 15 is 0 Å². The standard InChI is InChI=1S/C25H27NO4/c27-23(30-28)9-12-25(13-14-25)26-15-10-18(11-16-26)24-20-6-2-1-5-19(20)17-29-22-8-4-3-7-21(22)24/h1-8,28H,9-17H2. The highest BCUT2D eigenvalue weighted by molar-refractivity contribution is 5.87. The van der Waals surface area contributed by atoms with Crippen molar-refractivity contribution in [2.75, 3.05) is 13.1 Å². The summed E-state index contributed by atoms with van der Waals surface area (Å²) in [6, 6.07) is 16.9. The molecule has 0 atom stereocenters. The van der Waals surface area contributed by atoms with E-state index in [9.17, 15) is 4.79 Å².